The largest absolute Gasteiger partial charge is 0.304 e. The van der Waals surface area contributed by atoms with Gasteiger partial charge < -0.3 is 4.90 Å². The number of benzene rings is 1. The number of carbonyl (C=O) groups excluding carboxylic acids is 2. The molecule has 1 aliphatic rings. The number of thioether (sulfide) groups is 1. The maximum absolute atomic E-state index is 11.5. The Balaban J connectivity index is 2.37. The molecule has 0 N–H and O–H groups in total. The minimum absolute atomic E-state index is 0.286. The van der Waals surface area contributed by atoms with Crippen LogP contribution >= 0.6 is 11.8 Å². The van der Waals surface area contributed by atoms with Crippen molar-refractivity contribution >= 4 is 29.1 Å². The Morgan fingerprint density at radius 1 is 1.27 bits per heavy atom. The number of anilines is 1. The van der Waals surface area contributed by atoms with Gasteiger partial charge in [-0.15, -0.1) is 11.8 Å². The highest BCUT2D eigenvalue weighted by Crippen LogP contribution is 2.30. The van der Waals surface area contributed by atoms with Crippen LogP contribution in [0.2, 0.25) is 0 Å². The SMILES string of the molecule is CSc1ccccc1N1CCC(=O)C1=O. The number of carbonyl (C=O) groups is 2. The molecule has 3 nitrogen and oxygen atoms in total. The second-order valence-electron chi connectivity index (χ2n) is 3.30. The first-order valence-electron chi connectivity index (χ1n) is 4.71. The maximum Gasteiger partial charge on any atom is 0.294 e. The molecule has 0 atom stereocenters. The molecule has 1 aromatic carbocycles. The highest BCUT2D eigenvalue weighted by molar-refractivity contribution is 7.98. The van der Waals surface area contributed by atoms with E-state index in [0.29, 0.717) is 13.0 Å². The zero-order valence-corrected chi connectivity index (χ0v) is 9.21. The molecule has 15 heavy (non-hydrogen) atoms. The zero-order valence-electron chi connectivity index (χ0n) is 8.40. The van der Waals surface area contributed by atoms with Gasteiger partial charge in [-0.05, 0) is 18.4 Å². The summed E-state index contributed by atoms with van der Waals surface area (Å²) in [6.07, 6.45) is 2.29. The van der Waals surface area contributed by atoms with E-state index in [1.807, 2.05) is 30.5 Å². The van der Waals surface area contributed by atoms with Crippen molar-refractivity contribution in [3.63, 3.8) is 0 Å². The van der Waals surface area contributed by atoms with Crippen LogP contribution in [-0.4, -0.2) is 24.5 Å². The van der Waals surface area contributed by atoms with Gasteiger partial charge in [0.15, 0.2) is 0 Å². The summed E-state index contributed by atoms with van der Waals surface area (Å²) in [5.41, 5.74) is 0.848. The van der Waals surface area contributed by atoms with Gasteiger partial charge in [0.25, 0.3) is 5.91 Å². The number of nitrogens with zero attached hydrogens (tertiary/aromatic N) is 1. The van der Waals surface area contributed by atoms with E-state index < -0.39 is 0 Å². The van der Waals surface area contributed by atoms with Gasteiger partial charge in [-0.1, -0.05) is 12.1 Å². The number of Topliss-reactive ketones (excluding diaryl/α,β-unsaturated/α-hetero) is 1. The van der Waals surface area contributed by atoms with Crippen molar-refractivity contribution in [1.29, 1.82) is 0 Å². The molecule has 1 fully saturated rings. The van der Waals surface area contributed by atoms with E-state index in [4.69, 9.17) is 0 Å². The average molecular weight is 221 g/mol. The Morgan fingerprint density at radius 2 is 2.00 bits per heavy atom. The molecule has 1 aliphatic heterocycles. The van der Waals surface area contributed by atoms with E-state index >= 15 is 0 Å². The zero-order chi connectivity index (χ0) is 10.8. The van der Waals surface area contributed by atoms with Gasteiger partial charge in [0, 0.05) is 17.9 Å². The van der Waals surface area contributed by atoms with Gasteiger partial charge >= 0.3 is 0 Å². The number of para-hydroxylation sites is 1. The van der Waals surface area contributed by atoms with Crippen LogP contribution in [-0.2, 0) is 9.59 Å². The Kier molecular flexibility index (Phi) is 2.77. The first-order valence-corrected chi connectivity index (χ1v) is 5.94. The van der Waals surface area contributed by atoms with Crippen molar-refractivity contribution in [2.45, 2.75) is 11.3 Å². The lowest BCUT2D eigenvalue weighted by Gasteiger charge is -2.17. The molecule has 1 saturated heterocycles. The molecule has 0 saturated carbocycles. The number of rotatable bonds is 2. The van der Waals surface area contributed by atoms with Crippen LogP contribution in [0.3, 0.4) is 0 Å². The molecule has 0 unspecified atom stereocenters. The number of hydrogen-bond acceptors (Lipinski definition) is 3. The van der Waals surface area contributed by atoms with Crippen LogP contribution in [0.15, 0.2) is 29.2 Å². The highest BCUT2D eigenvalue weighted by atomic mass is 32.2. The van der Waals surface area contributed by atoms with E-state index in [9.17, 15) is 9.59 Å². The quantitative estimate of drug-likeness (QED) is 0.563. The van der Waals surface area contributed by atoms with E-state index in [0.717, 1.165) is 10.6 Å². The van der Waals surface area contributed by atoms with Crippen LogP contribution in [0.5, 0.6) is 0 Å². The normalized spacial score (nSPS) is 16.2. The molecule has 2 rings (SSSR count). The number of hydrogen-bond donors (Lipinski definition) is 0. The van der Waals surface area contributed by atoms with E-state index in [1.165, 1.54) is 0 Å². The number of amides is 1. The van der Waals surface area contributed by atoms with E-state index in [2.05, 4.69) is 0 Å². The summed E-state index contributed by atoms with van der Waals surface area (Å²) in [5.74, 6) is -0.664. The molecular weight excluding hydrogens is 210 g/mol. The molecule has 78 valence electrons. The summed E-state index contributed by atoms with van der Waals surface area (Å²) in [6, 6.07) is 7.64. The molecule has 1 amide bonds. The van der Waals surface area contributed by atoms with Crippen molar-refractivity contribution in [2.24, 2.45) is 0 Å². The fourth-order valence-corrected chi connectivity index (χ4v) is 2.26. The van der Waals surface area contributed by atoms with Crippen molar-refractivity contribution in [2.75, 3.05) is 17.7 Å². The van der Waals surface area contributed by atoms with E-state index in [-0.39, 0.29) is 11.7 Å². The lowest BCUT2D eigenvalue weighted by atomic mass is 10.3. The summed E-state index contributed by atoms with van der Waals surface area (Å²) < 4.78 is 0. The van der Waals surface area contributed by atoms with Crippen molar-refractivity contribution in [3.8, 4) is 0 Å². The summed E-state index contributed by atoms with van der Waals surface area (Å²) in [5, 5.41) is 0. The van der Waals surface area contributed by atoms with Gasteiger partial charge in [0.05, 0.1) is 5.69 Å². The van der Waals surface area contributed by atoms with Crippen LogP contribution in [0.4, 0.5) is 5.69 Å². The van der Waals surface area contributed by atoms with Gasteiger partial charge in [-0.25, -0.2) is 0 Å². The smallest absolute Gasteiger partial charge is 0.294 e. The lowest BCUT2D eigenvalue weighted by Crippen LogP contribution is -2.27. The molecule has 0 spiro atoms. The van der Waals surface area contributed by atoms with E-state index in [1.54, 1.807) is 16.7 Å². The fraction of sp³-hybridized carbons (Fsp3) is 0.273. The first kappa shape index (κ1) is 10.2. The Labute approximate surface area is 92.5 Å². The van der Waals surface area contributed by atoms with Gasteiger partial charge in [-0.2, -0.15) is 0 Å². The second-order valence-corrected chi connectivity index (χ2v) is 4.15. The third-order valence-electron chi connectivity index (χ3n) is 2.42. The van der Waals surface area contributed by atoms with Crippen molar-refractivity contribution in [3.05, 3.63) is 24.3 Å². The first-order chi connectivity index (χ1) is 7.24. The minimum atomic E-state index is -0.378. The van der Waals surface area contributed by atoms with Crippen LogP contribution in [0.1, 0.15) is 6.42 Å². The third kappa shape index (κ3) is 1.77. The monoisotopic (exact) mass is 221 g/mol. The van der Waals surface area contributed by atoms with Crippen LogP contribution in [0, 0.1) is 0 Å². The van der Waals surface area contributed by atoms with Crippen molar-refractivity contribution in [1.82, 2.24) is 0 Å². The van der Waals surface area contributed by atoms with Crippen LogP contribution < -0.4 is 4.90 Å². The summed E-state index contributed by atoms with van der Waals surface area (Å²) >= 11 is 1.58. The second kappa shape index (κ2) is 4.06. The van der Waals surface area contributed by atoms with Gasteiger partial charge in [0.1, 0.15) is 0 Å². The minimum Gasteiger partial charge on any atom is -0.304 e. The molecular formula is C11H11NO2S. The fourth-order valence-electron chi connectivity index (χ4n) is 1.65. The van der Waals surface area contributed by atoms with Crippen LogP contribution in [0.25, 0.3) is 0 Å². The Hall–Kier alpha value is -1.29. The molecule has 1 aromatic rings. The molecule has 1 heterocycles. The maximum atomic E-state index is 11.5. The van der Waals surface area contributed by atoms with Crippen molar-refractivity contribution < 1.29 is 9.59 Å². The molecule has 0 radical (unpaired) electrons. The Morgan fingerprint density at radius 3 is 2.60 bits per heavy atom. The lowest BCUT2D eigenvalue weighted by molar-refractivity contribution is -0.133. The summed E-state index contributed by atoms with van der Waals surface area (Å²) in [4.78, 5) is 25.3. The predicted octanol–water partition coefficient (Wildman–Crippen LogP) is 1.71. The third-order valence-corrected chi connectivity index (χ3v) is 3.21. The standard InChI is InChI=1S/C11H11NO2S/c1-15-10-5-3-2-4-8(10)12-7-6-9(13)11(12)14/h2-5H,6-7H2,1H3. The predicted molar refractivity (Wildman–Crippen MR) is 60.2 cm³/mol. The average Bonchev–Trinajstić information content (AvgIpc) is 2.60. The molecule has 0 bridgehead atoms. The number of ketones is 1. The molecule has 0 aromatic heterocycles. The summed E-state index contributed by atoms with van der Waals surface area (Å²) in [6.45, 7) is 0.509. The molecule has 4 heteroatoms. The topological polar surface area (TPSA) is 37.4 Å². The van der Waals surface area contributed by atoms with Gasteiger partial charge in [-0.3, -0.25) is 9.59 Å². The summed E-state index contributed by atoms with van der Waals surface area (Å²) in [7, 11) is 0. The Bertz CT molecular complexity index is 417. The highest BCUT2D eigenvalue weighted by Gasteiger charge is 2.31. The molecule has 0 aliphatic carbocycles. The van der Waals surface area contributed by atoms with Gasteiger partial charge in [0.2, 0.25) is 5.78 Å².